The minimum Gasteiger partial charge on any atom is -0.378 e. The third-order valence-electron chi connectivity index (χ3n) is 3.63. The molecule has 4 heteroatoms. The Morgan fingerprint density at radius 1 is 1.05 bits per heavy atom. The first kappa shape index (κ1) is 16.0. The largest absolute Gasteiger partial charge is 0.378 e. The van der Waals surface area contributed by atoms with Gasteiger partial charge in [0.2, 0.25) is 0 Å². The Bertz CT molecular complexity index is 592. The average Bonchev–Trinajstić information content (AvgIpc) is 2.57. The van der Waals surface area contributed by atoms with E-state index >= 15 is 0 Å². The van der Waals surface area contributed by atoms with E-state index < -0.39 is 12.0 Å². The van der Waals surface area contributed by atoms with Crippen molar-refractivity contribution in [3.05, 3.63) is 60.2 Å². The smallest absolute Gasteiger partial charge is 0.257 e. The second-order valence-corrected chi connectivity index (χ2v) is 5.02. The quantitative estimate of drug-likeness (QED) is 0.861. The number of hydrogen-bond acceptors (Lipinski definition) is 3. The predicted octanol–water partition coefficient (Wildman–Crippen LogP) is 3.20. The number of nitrogens with one attached hydrogen (secondary N) is 1. The van der Waals surface area contributed by atoms with Gasteiger partial charge in [-0.05, 0) is 43.7 Å². The van der Waals surface area contributed by atoms with Crippen LogP contribution in [0.4, 0.5) is 11.4 Å². The highest BCUT2D eigenvalue weighted by Gasteiger charge is 2.17. The van der Waals surface area contributed by atoms with Gasteiger partial charge in [-0.1, -0.05) is 30.3 Å². The molecule has 1 atom stereocenters. The van der Waals surface area contributed by atoms with Gasteiger partial charge in [-0.2, -0.15) is 0 Å². The Labute approximate surface area is 131 Å². The first-order chi connectivity index (χ1) is 10.7. The second kappa shape index (κ2) is 7.61. The molecular weight excluding hydrogens is 276 g/mol. The number of amides is 1. The van der Waals surface area contributed by atoms with Crippen LogP contribution in [0.5, 0.6) is 0 Å². The van der Waals surface area contributed by atoms with E-state index in [1.165, 1.54) is 0 Å². The van der Waals surface area contributed by atoms with Crippen LogP contribution in [-0.2, 0) is 4.79 Å². The summed E-state index contributed by atoms with van der Waals surface area (Å²) in [6, 6.07) is 16.5. The van der Waals surface area contributed by atoms with Gasteiger partial charge in [-0.25, -0.2) is 0 Å². The lowest BCUT2D eigenvalue weighted by Crippen LogP contribution is -2.22. The first-order valence-corrected chi connectivity index (χ1v) is 7.54. The summed E-state index contributed by atoms with van der Waals surface area (Å²) in [5, 5.41) is 12.8. The number of aliphatic hydroxyl groups excluding tert-OH is 1. The number of aliphatic hydroxyl groups is 1. The van der Waals surface area contributed by atoms with E-state index in [2.05, 4.69) is 24.1 Å². The highest BCUT2D eigenvalue weighted by Crippen LogP contribution is 2.19. The summed E-state index contributed by atoms with van der Waals surface area (Å²) in [6.07, 6.45) is -1.16. The zero-order valence-electron chi connectivity index (χ0n) is 13.0. The van der Waals surface area contributed by atoms with E-state index in [0.29, 0.717) is 11.3 Å². The fraction of sp³-hybridized carbons (Fsp3) is 0.278. The molecule has 2 rings (SSSR count). The zero-order valence-corrected chi connectivity index (χ0v) is 13.0. The number of carbonyl (C=O) groups excluding carboxylic acids is 1. The number of benzene rings is 2. The molecule has 0 fully saturated rings. The molecule has 0 aliphatic heterocycles. The molecule has 0 heterocycles. The van der Waals surface area contributed by atoms with E-state index in [-0.39, 0.29) is 0 Å². The summed E-state index contributed by atoms with van der Waals surface area (Å²) in [5.74, 6) is -0.429. The standard InChI is InChI=1S/C18H22N2O2/c1-3-20(4-2)16-12-10-15(11-13-16)19-18(22)17(21)14-8-6-5-7-9-14/h5-13,17,21H,3-4H2,1-2H3,(H,19,22). The molecule has 0 aromatic heterocycles. The summed E-state index contributed by atoms with van der Waals surface area (Å²) < 4.78 is 0. The van der Waals surface area contributed by atoms with Crippen molar-refractivity contribution in [1.82, 2.24) is 0 Å². The van der Waals surface area contributed by atoms with E-state index in [4.69, 9.17) is 0 Å². The maximum absolute atomic E-state index is 12.1. The number of carbonyl (C=O) groups is 1. The van der Waals surface area contributed by atoms with Crippen molar-refractivity contribution in [2.75, 3.05) is 23.3 Å². The zero-order chi connectivity index (χ0) is 15.9. The molecule has 0 spiro atoms. The maximum atomic E-state index is 12.1. The van der Waals surface area contributed by atoms with Gasteiger partial charge in [0.15, 0.2) is 6.10 Å². The van der Waals surface area contributed by atoms with Crippen LogP contribution in [0.2, 0.25) is 0 Å². The van der Waals surface area contributed by atoms with Crippen LogP contribution in [0.15, 0.2) is 54.6 Å². The molecule has 116 valence electrons. The lowest BCUT2D eigenvalue weighted by molar-refractivity contribution is -0.124. The molecule has 0 bridgehead atoms. The van der Waals surface area contributed by atoms with Crippen LogP contribution in [0.1, 0.15) is 25.5 Å². The predicted molar refractivity (Wildman–Crippen MR) is 90.0 cm³/mol. The topological polar surface area (TPSA) is 52.6 Å². The van der Waals surface area contributed by atoms with Crippen LogP contribution < -0.4 is 10.2 Å². The fourth-order valence-corrected chi connectivity index (χ4v) is 2.34. The summed E-state index contributed by atoms with van der Waals surface area (Å²) >= 11 is 0. The molecule has 1 amide bonds. The highest BCUT2D eigenvalue weighted by molar-refractivity contribution is 5.94. The normalized spacial score (nSPS) is 11.8. The molecule has 0 saturated carbocycles. The number of anilines is 2. The Kier molecular flexibility index (Phi) is 5.55. The van der Waals surface area contributed by atoms with Crippen molar-refractivity contribution >= 4 is 17.3 Å². The van der Waals surface area contributed by atoms with Crippen LogP contribution >= 0.6 is 0 Å². The molecule has 0 saturated heterocycles. The molecule has 0 radical (unpaired) electrons. The van der Waals surface area contributed by atoms with Gasteiger partial charge in [-0.3, -0.25) is 4.79 Å². The molecule has 2 N–H and O–H groups in total. The minimum absolute atomic E-state index is 0.429. The number of nitrogens with zero attached hydrogens (tertiary/aromatic N) is 1. The van der Waals surface area contributed by atoms with Crippen molar-refractivity contribution in [2.45, 2.75) is 20.0 Å². The highest BCUT2D eigenvalue weighted by atomic mass is 16.3. The van der Waals surface area contributed by atoms with E-state index in [0.717, 1.165) is 18.8 Å². The van der Waals surface area contributed by atoms with Crippen LogP contribution in [0, 0.1) is 0 Å². The molecule has 0 aliphatic rings. The maximum Gasteiger partial charge on any atom is 0.257 e. The molecule has 1 unspecified atom stereocenters. The van der Waals surface area contributed by atoms with Gasteiger partial charge in [0.05, 0.1) is 0 Å². The van der Waals surface area contributed by atoms with Crippen LogP contribution in [-0.4, -0.2) is 24.1 Å². The van der Waals surface area contributed by atoms with Gasteiger partial charge in [0.25, 0.3) is 5.91 Å². The summed E-state index contributed by atoms with van der Waals surface area (Å²) in [7, 11) is 0. The lowest BCUT2D eigenvalue weighted by atomic mass is 10.1. The van der Waals surface area contributed by atoms with Gasteiger partial charge in [0, 0.05) is 24.5 Å². The number of rotatable bonds is 6. The molecular formula is C18H22N2O2. The number of hydrogen-bond donors (Lipinski definition) is 2. The Morgan fingerprint density at radius 3 is 2.18 bits per heavy atom. The third kappa shape index (κ3) is 3.86. The fourth-order valence-electron chi connectivity index (χ4n) is 2.34. The lowest BCUT2D eigenvalue weighted by Gasteiger charge is -2.21. The van der Waals surface area contributed by atoms with Gasteiger partial charge < -0.3 is 15.3 Å². The summed E-state index contributed by atoms with van der Waals surface area (Å²) in [6.45, 7) is 6.09. The average molecular weight is 298 g/mol. The monoisotopic (exact) mass is 298 g/mol. The molecule has 4 nitrogen and oxygen atoms in total. The van der Waals surface area contributed by atoms with Gasteiger partial charge in [-0.15, -0.1) is 0 Å². The first-order valence-electron chi connectivity index (χ1n) is 7.54. The molecule has 22 heavy (non-hydrogen) atoms. The van der Waals surface area contributed by atoms with Gasteiger partial charge >= 0.3 is 0 Å². The second-order valence-electron chi connectivity index (χ2n) is 5.02. The van der Waals surface area contributed by atoms with Crippen molar-refractivity contribution in [3.63, 3.8) is 0 Å². The Balaban J connectivity index is 2.03. The summed E-state index contributed by atoms with van der Waals surface area (Å²) in [5.41, 5.74) is 2.38. The third-order valence-corrected chi connectivity index (χ3v) is 3.63. The van der Waals surface area contributed by atoms with E-state index in [9.17, 15) is 9.90 Å². The van der Waals surface area contributed by atoms with E-state index in [1.807, 2.05) is 30.3 Å². The van der Waals surface area contributed by atoms with Crippen LogP contribution in [0.25, 0.3) is 0 Å². The Morgan fingerprint density at radius 2 is 1.64 bits per heavy atom. The molecule has 2 aromatic carbocycles. The van der Waals surface area contributed by atoms with Crippen molar-refractivity contribution in [1.29, 1.82) is 0 Å². The van der Waals surface area contributed by atoms with Crippen molar-refractivity contribution < 1.29 is 9.90 Å². The van der Waals surface area contributed by atoms with E-state index in [1.54, 1.807) is 24.3 Å². The molecule has 0 aliphatic carbocycles. The van der Waals surface area contributed by atoms with Crippen LogP contribution in [0.3, 0.4) is 0 Å². The Hall–Kier alpha value is -2.33. The SMILES string of the molecule is CCN(CC)c1ccc(NC(=O)C(O)c2ccccc2)cc1. The minimum atomic E-state index is -1.16. The summed E-state index contributed by atoms with van der Waals surface area (Å²) in [4.78, 5) is 14.3. The van der Waals surface area contributed by atoms with Crippen molar-refractivity contribution in [3.8, 4) is 0 Å². The van der Waals surface area contributed by atoms with Gasteiger partial charge in [0.1, 0.15) is 0 Å². The molecule has 2 aromatic rings. The van der Waals surface area contributed by atoms with Crippen molar-refractivity contribution in [2.24, 2.45) is 0 Å².